The van der Waals surface area contributed by atoms with Crippen LogP contribution in [0, 0.1) is 13.8 Å². The molecule has 2 aromatic rings. The van der Waals surface area contributed by atoms with Gasteiger partial charge in [-0.05, 0) is 51.4 Å². The molecule has 6 nitrogen and oxygen atoms in total. The fraction of sp³-hybridized carbons (Fsp3) is 0.480. The summed E-state index contributed by atoms with van der Waals surface area (Å²) in [6.45, 7) is 7.96. The van der Waals surface area contributed by atoms with Gasteiger partial charge in [0.2, 0.25) is 0 Å². The maximum absolute atomic E-state index is 11.0. The first-order valence-electron chi connectivity index (χ1n) is 11.0. The first-order chi connectivity index (χ1) is 14.9. The standard InChI is InChI=1S/C25H34N2O4/c1-18-11-19(2)13-20(12-18)16-27-9-7-22(8-10-27)26-15-23(28)17-31-24-6-4-3-5-21(24)14-25(29)30/h3-6,11-13,22-23,26,28H,7-10,14-17H2,1-2H3,(H,29,30)/t23-/m0/s1. The lowest BCUT2D eigenvalue weighted by Gasteiger charge is -2.33. The Labute approximate surface area is 184 Å². The minimum Gasteiger partial charge on any atom is -0.491 e. The number of benzene rings is 2. The van der Waals surface area contributed by atoms with Crippen molar-refractivity contribution in [2.75, 3.05) is 26.2 Å². The van der Waals surface area contributed by atoms with Gasteiger partial charge in [0.25, 0.3) is 0 Å². The number of carbonyl (C=O) groups is 1. The van der Waals surface area contributed by atoms with Crippen molar-refractivity contribution in [3.05, 3.63) is 64.7 Å². The van der Waals surface area contributed by atoms with Gasteiger partial charge in [-0.15, -0.1) is 0 Å². The predicted octanol–water partition coefficient (Wildman–Crippen LogP) is 2.92. The van der Waals surface area contributed by atoms with E-state index in [-0.39, 0.29) is 13.0 Å². The van der Waals surface area contributed by atoms with E-state index in [0.717, 1.165) is 32.5 Å². The number of hydrogen-bond donors (Lipinski definition) is 3. The topological polar surface area (TPSA) is 82.0 Å². The summed E-state index contributed by atoms with van der Waals surface area (Å²) < 4.78 is 5.68. The SMILES string of the molecule is Cc1cc(C)cc(CN2CCC(NC[C@H](O)COc3ccccc3CC(=O)O)CC2)c1. The van der Waals surface area contributed by atoms with Crippen molar-refractivity contribution in [1.29, 1.82) is 0 Å². The number of nitrogens with zero attached hydrogens (tertiary/aromatic N) is 1. The molecule has 0 aromatic heterocycles. The molecule has 1 aliphatic heterocycles. The number of likely N-dealkylation sites (tertiary alicyclic amines) is 1. The molecule has 0 bridgehead atoms. The molecular formula is C25H34N2O4. The normalized spacial score (nSPS) is 16.2. The maximum Gasteiger partial charge on any atom is 0.307 e. The van der Waals surface area contributed by atoms with Crippen molar-refractivity contribution in [3.8, 4) is 5.75 Å². The van der Waals surface area contributed by atoms with Crippen molar-refractivity contribution < 1.29 is 19.7 Å². The summed E-state index contributed by atoms with van der Waals surface area (Å²) in [5.41, 5.74) is 4.62. The van der Waals surface area contributed by atoms with E-state index in [1.807, 2.05) is 0 Å². The first-order valence-corrected chi connectivity index (χ1v) is 11.0. The van der Waals surface area contributed by atoms with Crippen molar-refractivity contribution in [3.63, 3.8) is 0 Å². The zero-order chi connectivity index (χ0) is 22.2. The molecule has 1 heterocycles. The molecule has 0 amide bonds. The molecular weight excluding hydrogens is 392 g/mol. The van der Waals surface area contributed by atoms with Crippen molar-refractivity contribution >= 4 is 5.97 Å². The van der Waals surface area contributed by atoms with E-state index in [2.05, 4.69) is 42.3 Å². The Morgan fingerprint density at radius 3 is 2.52 bits per heavy atom. The summed E-state index contributed by atoms with van der Waals surface area (Å²) in [6, 6.07) is 14.2. The molecule has 1 atom stereocenters. The summed E-state index contributed by atoms with van der Waals surface area (Å²) in [4.78, 5) is 13.5. The Hall–Kier alpha value is -2.41. The highest BCUT2D eigenvalue weighted by Crippen LogP contribution is 2.19. The number of piperidine rings is 1. The second-order valence-corrected chi connectivity index (χ2v) is 8.60. The number of nitrogens with one attached hydrogen (secondary N) is 1. The van der Waals surface area contributed by atoms with Crippen LogP contribution in [0.25, 0.3) is 0 Å². The Morgan fingerprint density at radius 1 is 1.16 bits per heavy atom. The highest BCUT2D eigenvalue weighted by molar-refractivity contribution is 5.71. The lowest BCUT2D eigenvalue weighted by atomic mass is 10.0. The average Bonchev–Trinajstić information content (AvgIpc) is 2.71. The summed E-state index contributed by atoms with van der Waals surface area (Å²) in [7, 11) is 0. The van der Waals surface area contributed by atoms with Crippen LogP contribution in [0.3, 0.4) is 0 Å². The Balaban J connectivity index is 1.37. The highest BCUT2D eigenvalue weighted by atomic mass is 16.5. The fourth-order valence-corrected chi connectivity index (χ4v) is 4.21. The van der Waals surface area contributed by atoms with Gasteiger partial charge in [-0.2, -0.15) is 0 Å². The van der Waals surface area contributed by atoms with Crippen LogP contribution in [0.1, 0.15) is 35.1 Å². The minimum atomic E-state index is -0.901. The predicted molar refractivity (Wildman–Crippen MR) is 122 cm³/mol. The Bertz CT molecular complexity index is 842. The molecule has 1 fully saturated rings. The number of aryl methyl sites for hydroxylation is 2. The number of aliphatic carboxylic acids is 1. The van der Waals surface area contributed by atoms with E-state index in [1.54, 1.807) is 24.3 Å². The number of para-hydroxylation sites is 1. The van der Waals surface area contributed by atoms with Crippen LogP contribution >= 0.6 is 0 Å². The van der Waals surface area contributed by atoms with E-state index in [1.165, 1.54) is 16.7 Å². The van der Waals surface area contributed by atoms with Gasteiger partial charge in [0.1, 0.15) is 18.5 Å². The van der Waals surface area contributed by atoms with E-state index in [4.69, 9.17) is 9.84 Å². The van der Waals surface area contributed by atoms with Crippen LogP contribution in [0.2, 0.25) is 0 Å². The number of aliphatic hydroxyl groups is 1. The van der Waals surface area contributed by atoms with Crippen LogP contribution in [-0.4, -0.2) is 59.5 Å². The van der Waals surface area contributed by atoms with Gasteiger partial charge in [-0.25, -0.2) is 0 Å². The molecule has 0 radical (unpaired) electrons. The molecule has 0 unspecified atom stereocenters. The van der Waals surface area contributed by atoms with Crippen LogP contribution in [0.15, 0.2) is 42.5 Å². The Morgan fingerprint density at radius 2 is 1.84 bits per heavy atom. The monoisotopic (exact) mass is 426 g/mol. The molecule has 168 valence electrons. The van der Waals surface area contributed by atoms with E-state index in [9.17, 15) is 9.90 Å². The number of hydrogen-bond acceptors (Lipinski definition) is 5. The summed E-state index contributed by atoms with van der Waals surface area (Å²) in [5, 5.41) is 22.8. The van der Waals surface area contributed by atoms with Crippen LogP contribution in [0.4, 0.5) is 0 Å². The summed E-state index contributed by atoms with van der Waals surface area (Å²) in [5.74, 6) is -0.384. The first kappa shape index (κ1) is 23.3. The van der Waals surface area contributed by atoms with Gasteiger partial charge in [-0.1, -0.05) is 47.5 Å². The van der Waals surface area contributed by atoms with Gasteiger partial charge in [-0.3, -0.25) is 9.69 Å². The largest absolute Gasteiger partial charge is 0.491 e. The molecule has 3 rings (SSSR count). The molecule has 1 saturated heterocycles. The molecule has 0 saturated carbocycles. The lowest BCUT2D eigenvalue weighted by Crippen LogP contribution is -2.45. The van der Waals surface area contributed by atoms with Crippen LogP contribution in [-0.2, 0) is 17.8 Å². The number of carboxylic acid groups (broad SMARTS) is 1. The molecule has 31 heavy (non-hydrogen) atoms. The number of rotatable bonds is 10. The second kappa shape index (κ2) is 11.3. The van der Waals surface area contributed by atoms with Crippen molar-refractivity contribution in [1.82, 2.24) is 10.2 Å². The number of aliphatic hydroxyl groups excluding tert-OH is 1. The lowest BCUT2D eigenvalue weighted by molar-refractivity contribution is -0.136. The number of carboxylic acids is 1. The molecule has 2 aromatic carbocycles. The van der Waals surface area contributed by atoms with E-state index in [0.29, 0.717) is 23.9 Å². The zero-order valence-electron chi connectivity index (χ0n) is 18.5. The second-order valence-electron chi connectivity index (χ2n) is 8.60. The molecule has 0 aliphatic carbocycles. The van der Waals surface area contributed by atoms with Gasteiger partial charge < -0.3 is 20.3 Å². The molecule has 3 N–H and O–H groups in total. The average molecular weight is 427 g/mol. The van der Waals surface area contributed by atoms with Crippen molar-refractivity contribution in [2.45, 2.75) is 51.8 Å². The quantitative estimate of drug-likeness (QED) is 0.542. The van der Waals surface area contributed by atoms with Crippen LogP contribution < -0.4 is 10.1 Å². The zero-order valence-corrected chi connectivity index (χ0v) is 18.5. The highest BCUT2D eigenvalue weighted by Gasteiger charge is 2.20. The van der Waals surface area contributed by atoms with Gasteiger partial charge in [0, 0.05) is 24.7 Å². The fourth-order valence-electron chi connectivity index (χ4n) is 4.21. The maximum atomic E-state index is 11.0. The minimum absolute atomic E-state index is 0.0921. The molecule has 1 aliphatic rings. The van der Waals surface area contributed by atoms with Crippen LogP contribution in [0.5, 0.6) is 5.75 Å². The number of ether oxygens (including phenoxy) is 1. The summed E-state index contributed by atoms with van der Waals surface area (Å²) >= 11 is 0. The third-order valence-corrected chi connectivity index (χ3v) is 5.66. The van der Waals surface area contributed by atoms with E-state index >= 15 is 0 Å². The van der Waals surface area contributed by atoms with Gasteiger partial charge in [0.05, 0.1) is 6.42 Å². The third kappa shape index (κ3) is 7.65. The van der Waals surface area contributed by atoms with Gasteiger partial charge >= 0.3 is 5.97 Å². The Kier molecular flexibility index (Phi) is 8.46. The summed E-state index contributed by atoms with van der Waals surface area (Å²) in [6.07, 6.45) is 1.37. The third-order valence-electron chi connectivity index (χ3n) is 5.66. The van der Waals surface area contributed by atoms with Gasteiger partial charge in [0.15, 0.2) is 0 Å². The molecule has 6 heteroatoms. The smallest absolute Gasteiger partial charge is 0.307 e. The van der Waals surface area contributed by atoms with Crippen molar-refractivity contribution in [2.24, 2.45) is 0 Å². The molecule has 0 spiro atoms. The van der Waals surface area contributed by atoms with E-state index < -0.39 is 12.1 Å².